The quantitative estimate of drug-likeness (QED) is 0.705. The molecule has 2 N–H and O–H groups in total. The monoisotopic (exact) mass is 243 g/mol. The minimum atomic E-state index is -0.0564. The molecule has 5 atom stereocenters. The number of halogens is 2. The van der Waals surface area contributed by atoms with Crippen molar-refractivity contribution in [3.63, 3.8) is 0 Å². The molecule has 0 radical (unpaired) electrons. The molecule has 0 saturated heterocycles. The van der Waals surface area contributed by atoms with Gasteiger partial charge in [-0.15, -0.1) is 23.2 Å². The Kier molecular flexibility index (Phi) is 2.21. The van der Waals surface area contributed by atoms with Crippen molar-refractivity contribution in [2.24, 2.45) is 17.1 Å². The van der Waals surface area contributed by atoms with Crippen LogP contribution in [0.25, 0.3) is 0 Å². The summed E-state index contributed by atoms with van der Waals surface area (Å²) < 4.78 is 0. The van der Waals surface area contributed by atoms with Gasteiger partial charge in [0.15, 0.2) is 0 Å². The third kappa shape index (κ3) is 1.48. The smallest absolute Gasteiger partial charge is 0.0721 e. The van der Waals surface area contributed by atoms with Crippen LogP contribution in [0.1, 0.15) is 19.3 Å². The second kappa shape index (κ2) is 3.26. The molecule has 82 valence electrons. The molecule has 0 bridgehead atoms. The van der Waals surface area contributed by atoms with Crippen molar-refractivity contribution < 1.29 is 0 Å². The molecule has 0 amide bonds. The van der Waals surface area contributed by atoms with Gasteiger partial charge in [0.05, 0.1) is 10.8 Å². The molecule has 3 heteroatoms. The molecule has 2 unspecified atom stereocenters. The molecule has 15 heavy (non-hydrogen) atoms. The number of fused-ring (bicyclic) bond motifs is 1. The highest BCUT2D eigenvalue weighted by Gasteiger charge is 2.60. The van der Waals surface area contributed by atoms with Crippen LogP contribution in [0.2, 0.25) is 0 Å². The van der Waals surface area contributed by atoms with E-state index in [4.69, 9.17) is 28.9 Å². The lowest BCUT2D eigenvalue weighted by Crippen LogP contribution is -2.21. The highest BCUT2D eigenvalue weighted by atomic mass is 35.5. The summed E-state index contributed by atoms with van der Waals surface area (Å²) in [6.07, 6.45) is 9.93. The van der Waals surface area contributed by atoms with Gasteiger partial charge in [0.25, 0.3) is 0 Å². The number of hydrogen-bond acceptors (Lipinski definition) is 1. The number of rotatable bonds is 1. The van der Waals surface area contributed by atoms with Crippen LogP contribution in [0.3, 0.4) is 0 Å². The summed E-state index contributed by atoms with van der Waals surface area (Å²) in [5.41, 5.74) is 7.76. The molecule has 0 aromatic rings. The number of alkyl halides is 2. The Morgan fingerprint density at radius 1 is 1.27 bits per heavy atom. The topological polar surface area (TPSA) is 26.0 Å². The Morgan fingerprint density at radius 2 is 2.07 bits per heavy atom. The van der Waals surface area contributed by atoms with Crippen molar-refractivity contribution >= 4 is 23.2 Å². The van der Waals surface area contributed by atoms with Gasteiger partial charge in [0.1, 0.15) is 0 Å². The number of nitrogens with two attached hydrogens (primary N) is 1. The van der Waals surface area contributed by atoms with Gasteiger partial charge in [-0.3, -0.25) is 0 Å². The van der Waals surface area contributed by atoms with E-state index in [0.29, 0.717) is 11.5 Å². The van der Waals surface area contributed by atoms with Crippen LogP contribution in [0.4, 0.5) is 0 Å². The molecule has 2 saturated carbocycles. The van der Waals surface area contributed by atoms with Gasteiger partial charge in [-0.25, -0.2) is 0 Å². The predicted octanol–water partition coefficient (Wildman–Crippen LogP) is 2.82. The molecule has 0 spiro atoms. The zero-order valence-corrected chi connectivity index (χ0v) is 10.0. The number of hydrogen-bond donors (Lipinski definition) is 1. The van der Waals surface area contributed by atoms with E-state index in [1.165, 1.54) is 18.4 Å². The van der Waals surface area contributed by atoms with E-state index in [-0.39, 0.29) is 10.8 Å². The van der Waals surface area contributed by atoms with Crippen LogP contribution < -0.4 is 5.73 Å². The molecular weight excluding hydrogens is 229 g/mol. The zero-order valence-electron chi connectivity index (χ0n) is 8.50. The molecule has 0 aromatic heterocycles. The predicted molar refractivity (Wildman–Crippen MR) is 64.3 cm³/mol. The van der Waals surface area contributed by atoms with Crippen LogP contribution in [-0.4, -0.2) is 16.8 Å². The summed E-state index contributed by atoms with van der Waals surface area (Å²) in [7, 11) is 0. The number of allylic oxidation sites excluding steroid dienone is 4. The lowest BCUT2D eigenvalue weighted by Gasteiger charge is -2.22. The average molecular weight is 244 g/mol. The van der Waals surface area contributed by atoms with Crippen molar-refractivity contribution in [3.8, 4) is 0 Å². The zero-order chi connectivity index (χ0) is 10.6. The Labute approximate surface area is 100 Å². The van der Waals surface area contributed by atoms with E-state index >= 15 is 0 Å². The fourth-order valence-electron chi connectivity index (χ4n) is 3.28. The average Bonchev–Trinajstić information content (AvgIpc) is 2.75. The van der Waals surface area contributed by atoms with Crippen molar-refractivity contribution in [3.05, 3.63) is 23.8 Å². The molecular formula is C12H15Cl2N. The van der Waals surface area contributed by atoms with Gasteiger partial charge in [-0.05, 0) is 36.2 Å². The maximum Gasteiger partial charge on any atom is 0.0721 e. The molecule has 0 aromatic carbocycles. The van der Waals surface area contributed by atoms with Crippen LogP contribution in [0.5, 0.6) is 0 Å². The molecule has 2 fully saturated rings. The van der Waals surface area contributed by atoms with Gasteiger partial charge in [0, 0.05) is 6.04 Å². The summed E-state index contributed by atoms with van der Waals surface area (Å²) in [6.45, 7) is 0. The van der Waals surface area contributed by atoms with Gasteiger partial charge in [0.2, 0.25) is 0 Å². The van der Waals surface area contributed by atoms with Gasteiger partial charge in [-0.2, -0.15) is 0 Å². The normalized spacial score (nSPS) is 52.6. The second-order valence-corrected chi connectivity index (χ2v) is 6.13. The van der Waals surface area contributed by atoms with Crippen LogP contribution in [0, 0.1) is 11.3 Å². The SMILES string of the molecule is N[C@H]1C[C@H]2C[C@@]2(C2=CC(Cl)C(Cl)C=C2)C1. The maximum absolute atomic E-state index is 6.17. The Morgan fingerprint density at radius 3 is 2.67 bits per heavy atom. The summed E-state index contributed by atoms with van der Waals surface area (Å²) in [4.78, 5) is 0. The van der Waals surface area contributed by atoms with Crippen LogP contribution in [0.15, 0.2) is 23.8 Å². The van der Waals surface area contributed by atoms with E-state index in [1.807, 2.05) is 6.08 Å². The first kappa shape index (κ1) is 10.2. The van der Waals surface area contributed by atoms with E-state index < -0.39 is 0 Å². The van der Waals surface area contributed by atoms with E-state index in [9.17, 15) is 0 Å². The largest absolute Gasteiger partial charge is 0.328 e. The third-order valence-corrected chi connectivity index (χ3v) is 5.07. The molecule has 3 aliphatic rings. The Balaban J connectivity index is 1.85. The van der Waals surface area contributed by atoms with Crippen LogP contribution in [-0.2, 0) is 0 Å². The fraction of sp³-hybridized carbons (Fsp3) is 0.667. The van der Waals surface area contributed by atoms with E-state index in [1.54, 1.807) is 0 Å². The first-order valence-electron chi connectivity index (χ1n) is 5.56. The van der Waals surface area contributed by atoms with Gasteiger partial charge < -0.3 is 5.73 Å². The van der Waals surface area contributed by atoms with Gasteiger partial charge >= 0.3 is 0 Å². The second-order valence-electron chi connectivity index (χ2n) is 5.13. The summed E-state index contributed by atoms with van der Waals surface area (Å²) >= 11 is 12.2. The van der Waals surface area contributed by atoms with E-state index in [0.717, 1.165) is 12.3 Å². The standard InChI is InChI=1S/C12H15Cl2N/c13-10-2-1-7(4-11(10)14)12-5-8(12)3-9(15)6-12/h1-2,4,8-11H,3,5-6,15H2/t8-,9-,10?,11?,12-/m0/s1. The first-order valence-corrected chi connectivity index (χ1v) is 6.43. The summed E-state index contributed by atoms with van der Waals surface area (Å²) in [6, 6.07) is 0.389. The fourth-order valence-corrected chi connectivity index (χ4v) is 3.65. The molecule has 0 aliphatic heterocycles. The summed E-state index contributed by atoms with van der Waals surface area (Å²) in [5.74, 6) is 0.805. The van der Waals surface area contributed by atoms with Crippen LogP contribution >= 0.6 is 23.2 Å². The van der Waals surface area contributed by atoms with E-state index in [2.05, 4.69) is 12.2 Å². The minimum Gasteiger partial charge on any atom is -0.328 e. The molecule has 3 rings (SSSR count). The first-order chi connectivity index (χ1) is 7.12. The molecule has 0 heterocycles. The van der Waals surface area contributed by atoms with Crippen molar-refractivity contribution in [1.29, 1.82) is 0 Å². The Hall–Kier alpha value is 0.0200. The highest BCUT2D eigenvalue weighted by molar-refractivity contribution is 6.31. The highest BCUT2D eigenvalue weighted by Crippen LogP contribution is 2.67. The molecule has 1 nitrogen and oxygen atoms in total. The van der Waals surface area contributed by atoms with Gasteiger partial charge in [-0.1, -0.05) is 18.2 Å². The lowest BCUT2D eigenvalue weighted by atomic mass is 9.88. The maximum atomic E-state index is 6.17. The van der Waals surface area contributed by atoms with Crippen molar-refractivity contribution in [2.75, 3.05) is 0 Å². The minimum absolute atomic E-state index is 0.0564. The Bertz CT molecular complexity index is 350. The summed E-state index contributed by atoms with van der Waals surface area (Å²) in [5, 5.41) is -0.113. The lowest BCUT2D eigenvalue weighted by molar-refractivity contribution is 0.543. The molecule has 3 aliphatic carbocycles. The third-order valence-electron chi connectivity index (χ3n) is 4.12. The van der Waals surface area contributed by atoms with Crippen molar-refractivity contribution in [2.45, 2.75) is 36.1 Å². The van der Waals surface area contributed by atoms with Crippen molar-refractivity contribution in [1.82, 2.24) is 0 Å².